The minimum Gasteiger partial charge on any atom is -0.324 e. The van der Waals surface area contributed by atoms with Gasteiger partial charge in [0.25, 0.3) is 0 Å². The first-order valence-corrected chi connectivity index (χ1v) is 6.51. The van der Waals surface area contributed by atoms with Crippen LogP contribution in [0.5, 0.6) is 0 Å². The van der Waals surface area contributed by atoms with E-state index >= 15 is 0 Å². The van der Waals surface area contributed by atoms with Crippen LogP contribution < -0.4 is 11.3 Å². The lowest BCUT2D eigenvalue weighted by Gasteiger charge is -2.14. The van der Waals surface area contributed by atoms with Gasteiger partial charge >= 0.3 is 7.82 Å². The van der Waals surface area contributed by atoms with Crippen LogP contribution in [0.15, 0.2) is 30.3 Å². The molecule has 0 heterocycles. The van der Waals surface area contributed by atoms with Crippen molar-refractivity contribution < 1.29 is 19.2 Å². The largest absolute Gasteiger partial charge is 0.466 e. The summed E-state index contributed by atoms with van der Waals surface area (Å²) in [5.41, 5.74) is 6.34. The molecule has 6 N–H and O–H groups in total. The SMILES string of the molecule is NNc1ccc(C2=CCC2)cc1.O=P(O)(O)O. The number of allylic oxidation sites excluding steroid dienone is 2. The molecular weight excluding hydrogens is 243 g/mol. The number of rotatable bonds is 2. The van der Waals surface area contributed by atoms with E-state index in [0.29, 0.717) is 0 Å². The predicted molar refractivity (Wildman–Crippen MR) is 65.7 cm³/mol. The van der Waals surface area contributed by atoms with E-state index in [0.717, 1.165) is 5.69 Å². The van der Waals surface area contributed by atoms with Gasteiger partial charge in [0.2, 0.25) is 0 Å². The average molecular weight is 258 g/mol. The molecule has 0 spiro atoms. The van der Waals surface area contributed by atoms with Crippen molar-refractivity contribution in [1.82, 2.24) is 0 Å². The molecule has 0 bridgehead atoms. The molecule has 17 heavy (non-hydrogen) atoms. The highest BCUT2D eigenvalue weighted by Gasteiger charge is 2.07. The summed E-state index contributed by atoms with van der Waals surface area (Å²) in [7, 11) is -4.64. The first-order valence-electron chi connectivity index (χ1n) is 4.94. The van der Waals surface area contributed by atoms with E-state index in [9.17, 15) is 0 Å². The van der Waals surface area contributed by atoms with E-state index in [1.807, 2.05) is 12.1 Å². The molecule has 0 aliphatic heterocycles. The third kappa shape index (κ3) is 5.63. The van der Waals surface area contributed by atoms with Gasteiger partial charge in [-0.05, 0) is 36.1 Å². The summed E-state index contributed by atoms with van der Waals surface area (Å²) >= 11 is 0. The van der Waals surface area contributed by atoms with Crippen molar-refractivity contribution in [2.45, 2.75) is 12.8 Å². The summed E-state index contributed by atoms with van der Waals surface area (Å²) < 4.78 is 8.88. The number of nitrogens with two attached hydrogens (primary N) is 1. The molecule has 1 aromatic rings. The van der Waals surface area contributed by atoms with Crippen LogP contribution in [0.2, 0.25) is 0 Å². The fraction of sp³-hybridized carbons (Fsp3) is 0.200. The molecule has 94 valence electrons. The van der Waals surface area contributed by atoms with Gasteiger partial charge in [-0.2, -0.15) is 0 Å². The molecule has 1 aromatic carbocycles. The normalized spacial score (nSPS) is 14.0. The Morgan fingerprint density at radius 2 is 1.65 bits per heavy atom. The highest BCUT2D eigenvalue weighted by Crippen LogP contribution is 2.29. The predicted octanol–water partition coefficient (Wildman–Crippen LogP) is 1.22. The minimum atomic E-state index is -4.64. The van der Waals surface area contributed by atoms with Crippen molar-refractivity contribution in [1.29, 1.82) is 0 Å². The molecule has 0 atom stereocenters. The Labute approximate surface area is 99.0 Å². The van der Waals surface area contributed by atoms with Crippen LogP contribution in [0.25, 0.3) is 5.57 Å². The molecule has 0 radical (unpaired) electrons. The van der Waals surface area contributed by atoms with Crippen molar-refractivity contribution in [2.75, 3.05) is 5.43 Å². The van der Waals surface area contributed by atoms with Gasteiger partial charge in [-0.1, -0.05) is 18.2 Å². The number of phosphoric acid groups is 1. The van der Waals surface area contributed by atoms with Crippen LogP contribution in [0.1, 0.15) is 18.4 Å². The minimum absolute atomic E-state index is 0.957. The van der Waals surface area contributed by atoms with E-state index in [4.69, 9.17) is 25.1 Å². The van der Waals surface area contributed by atoms with Gasteiger partial charge in [0.15, 0.2) is 0 Å². The Bertz CT molecular complexity index is 430. The second kappa shape index (κ2) is 5.95. The van der Waals surface area contributed by atoms with Gasteiger partial charge in [0.05, 0.1) is 0 Å². The van der Waals surface area contributed by atoms with Crippen LogP contribution in [-0.4, -0.2) is 14.7 Å². The molecule has 2 rings (SSSR count). The van der Waals surface area contributed by atoms with Crippen LogP contribution in [-0.2, 0) is 4.57 Å². The van der Waals surface area contributed by atoms with E-state index in [-0.39, 0.29) is 0 Å². The monoisotopic (exact) mass is 258 g/mol. The standard InChI is InChI=1S/C10H12N2.H3O4P/c11-12-10-6-4-9(5-7-10)8-2-1-3-8;1-5(2,3)4/h2,4-7,12H,1,3,11H2;(H3,1,2,3,4). The Hall–Kier alpha value is -1.17. The molecule has 0 amide bonds. The van der Waals surface area contributed by atoms with Gasteiger partial charge in [-0.25, -0.2) is 4.57 Å². The lowest BCUT2D eigenvalue weighted by atomic mass is 9.92. The van der Waals surface area contributed by atoms with Crippen LogP contribution in [0.3, 0.4) is 0 Å². The van der Waals surface area contributed by atoms with E-state index in [1.165, 1.54) is 24.0 Å². The first kappa shape index (κ1) is 13.9. The molecule has 0 saturated carbocycles. The van der Waals surface area contributed by atoms with Crippen LogP contribution >= 0.6 is 7.82 Å². The van der Waals surface area contributed by atoms with E-state index < -0.39 is 7.82 Å². The molecule has 0 fully saturated rings. The highest BCUT2D eigenvalue weighted by molar-refractivity contribution is 7.45. The van der Waals surface area contributed by atoms with E-state index in [2.05, 4.69) is 23.6 Å². The van der Waals surface area contributed by atoms with Crippen LogP contribution in [0, 0.1) is 0 Å². The lowest BCUT2D eigenvalue weighted by molar-refractivity contribution is 0.275. The third-order valence-electron chi connectivity index (χ3n) is 2.23. The van der Waals surface area contributed by atoms with Crippen molar-refractivity contribution in [2.24, 2.45) is 5.84 Å². The number of hydrazine groups is 1. The van der Waals surface area contributed by atoms with Crippen LogP contribution in [0.4, 0.5) is 5.69 Å². The fourth-order valence-electron chi connectivity index (χ4n) is 1.33. The Morgan fingerprint density at radius 1 is 1.18 bits per heavy atom. The second-order valence-electron chi connectivity index (χ2n) is 3.50. The van der Waals surface area contributed by atoms with E-state index in [1.54, 1.807) is 0 Å². The number of anilines is 1. The maximum atomic E-state index is 8.88. The molecule has 0 unspecified atom stereocenters. The third-order valence-corrected chi connectivity index (χ3v) is 2.23. The van der Waals surface area contributed by atoms with Gasteiger partial charge in [-0.15, -0.1) is 0 Å². The Kier molecular flexibility index (Phi) is 4.86. The van der Waals surface area contributed by atoms with Gasteiger partial charge in [-0.3, -0.25) is 5.84 Å². The first-order chi connectivity index (χ1) is 7.90. The maximum absolute atomic E-state index is 8.88. The lowest BCUT2D eigenvalue weighted by Crippen LogP contribution is -2.06. The smallest absolute Gasteiger partial charge is 0.324 e. The molecule has 1 aliphatic carbocycles. The maximum Gasteiger partial charge on any atom is 0.466 e. The summed E-state index contributed by atoms with van der Waals surface area (Å²) in [6.07, 6.45) is 4.71. The zero-order valence-corrected chi connectivity index (χ0v) is 9.97. The topological polar surface area (TPSA) is 116 Å². The quantitative estimate of drug-likeness (QED) is 0.309. The number of hydrogen-bond donors (Lipinski definition) is 5. The Morgan fingerprint density at radius 3 is 1.94 bits per heavy atom. The van der Waals surface area contributed by atoms with Gasteiger partial charge < -0.3 is 20.1 Å². The van der Waals surface area contributed by atoms with Gasteiger partial charge in [0.1, 0.15) is 0 Å². The van der Waals surface area contributed by atoms with Crippen molar-refractivity contribution >= 4 is 19.1 Å². The number of nitrogen functional groups attached to an aromatic ring is 1. The molecule has 0 aromatic heterocycles. The zero-order chi connectivity index (χ0) is 12.9. The summed E-state index contributed by atoms with van der Waals surface area (Å²) in [6.45, 7) is 0. The number of nitrogens with one attached hydrogen (secondary N) is 1. The summed E-state index contributed by atoms with van der Waals surface area (Å²) in [6, 6.07) is 8.18. The molecule has 0 saturated heterocycles. The molecule has 1 aliphatic rings. The summed E-state index contributed by atoms with van der Waals surface area (Å²) in [5, 5.41) is 0. The highest BCUT2D eigenvalue weighted by atomic mass is 31.2. The molecular formula is C10H15N2O4P. The second-order valence-corrected chi connectivity index (χ2v) is 4.53. The number of hydrogen-bond acceptors (Lipinski definition) is 3. The summed E-state index contributed by atoms with van der Waals surface area (Å²) in [5.74, 6) is 5.26. The molecule has 6 nitrogen and oxygen atoms in total. The fourth-order valence-corrected chi connectivity index (χ4v) is 1.33. The molecule has 7 heteroatoms. The van der Waals surface area contributed by atoms with Crippen molar-refractivity contribution in [3.8, 4) is 0 Å². The van der Waals surface area contributed by atoms with Crippen molar-refractivity contribution in [3.05, 3.63) is 35.9 Å². The van der Waals surface area contributed by atoms with Crippen molar-refractivity contribution in [3.63, 3.8) is 0 Å². The van der Waals surface area contributed by atoms with Gasteiger partial charge in [0, 0.05) is 5.69 Å². The zero-order valence-electron chi connectivity index (χ0n) is 9.08. The average Bonchev–Trinajstić information content (AvgIpc) is 2.14. The Balaban J connectivity index is 0.000000249. The number of benzene rings is 1. The summed E-state index contributed by atoms with van der Waals surface area (Å²) in [4.78, 5) is 21.6.